The largest absolute Gasteiger partial charge is 0.463 e. The van der Waals surface area contributed by atoms with Crippen molar-refractivity contribution in [3.8, 4) is 0 Å². The van der Waals surface area contributed by atoms with E-state index in [1.54, 1.807) is 7.11 Å². The molecule has 2 rings (SSSR count). The minimum atomic E-state index is -0.00134. The Kier molecular flexibility index (Phi) is 4.43. The van der Waals surface area contributed by atoms with Crippen LogP contribution in [0.4, 0.5) is 0 Å². The zero-order chi connectivity index (χ0) is 13.0. The van der Waals surface area contributed by atoms with Gasteiger partial charge in [-0.15, -0.1) is 0 Å². The normalized spacial score (nSPS) is 25.5. The summed E-state index contributed by atoms with van der Waals surface area (Å²) in [6.45, 7) is 5.96. The lowest BCUT2D eigenvalue weighted by Crippen LogP contribution is -2.46. The number of nitrogens with one attached hydrogen (secondary N) is 1. The lowest BCUT2D eigenvalue weighted by Gasteiger charge is -2.39. The second kappa shape index (κ2) is 5.87. The second-order valence-electron chi connectivity index (χ2n) is 5.37. The van der Waals surface area contributed by atoms with Gasteiger partial charge in [0, 0.05) is 13.7 Å². The SMILES string of the molecule is CNCc1ccc(CN2CCCC(C)(OC)C2)o1. The second-order valence-corrected chi connectivity index (χ2v) is 5.37. The molecule has 1 aromatic heterocycles. The Balaban J connectivity index is 1.92. The minimum absolute atomic E-state index is 0.00134. The quantitative estimate of drug-likeness (QED) is 0.870. The molecule has 1 unspecified atom stereocenters. The predicted molar refractivity (Wildman–Crippen MR) is 71.4 cm³/mol. The van der Waals surface area contributed by atoms with Gasteiger partial charge in [-0.2, -0.15) is 0 Å². The van der Waals surface area contributed by atoms with Crippen LogP contribution >= 0.6 is 0 Å². The molecule has 1 saturated heterocycles. The highest BCUT2D eigenvalue weighted by atomic mass is 16.5. The van der Waals surface area contributed by atoms with Crippen LogP contribution in [0, 0.1) is 0 Å². The fraction of sp³-hybridized carbons (Fsp3) is 0.714. The van der Waals surface area contributed by atoms with Gasteiger partial charge in [0.25, 0.3) is 0 Å². The van der Waals surface area contributed by atoms with Crippen LogP contribution in [-0.2, 0) is 17.8 Å². The van der Waals surface area contributed by atoms with E-state index in [0.29, 0.717) is 0 Å². The van der Waals surface area contributed by atoms with Gasteiger partial charge in [-0.05, 0) is 45.5 Å². The van der Waals surface area contributed by atoms with Crippen molar-refractivity contribution in [2.75, 3.05) is 27.2 Å². The Morgan fingerprint density at radius 3 is 2.94 bits per heavy atom. The van der Waals surface area contributed by atoms with Gasteiger partial charge in [0.05, 0.1) is 18.7 Å². The van der Waals surface area contributed by atoms with Gasteiger partial charge in [0.2, 0.25) is 0 Å². The van der Waals surface area contributed by atoms with Crippen molar-refractivity contribution in [1.29, 1.82) is 0 Å². The first kappa shape index (κ1) is 13.6. The first-order valence-electron chi connectivity index (χ1n) is 6.65. The van der Waals surface area contributed by atoms with Crippen molar-refractivity contribution in [3.63, 3.8) is 0 Å². The summed E-state index contributed by atoms with van der Waals surface area (Å²) >= 11 is 0. The van der Waals surface area contributed by atoms with Gasteiger partial charge < -0.3 is 14.5 Å². The maximum atomic E-state index is 5.78. The molecule has 1 aromatic rings. The molecule has 0 amide bonds. The molecule has 0 radical (unpaired) electrons. The molecule has 1 atom stereocenters. The third kappa shape index (κ3) is 3.34. The van der Waals surface area contributed by atoms with Crippen LogP contribution in [0.25, 0.3) is 0 Å². The molecule has 102 valence electrons. The van der Waals surface area contributed by atoms with E-state index in [2.05, 4.69) is 23.2 Å². The van der Waals surface area contributed by atoms with Crippen molar-refractivity contribution in [2.24, 2.45) is 0 Å². The van der Waals surface area contributed by atoms with Crippen molar-refractivity contribution < 1.29 is 9.15 Å². The molecule has 1 aliphatic rings. The summed E-state index contributed by atoms with van der Waals surface area (Å²) in [6.07, 6.45) is 2.33. The van der Waals surface area contributed by atoms with Gasteiger partial charge in [-0.1, -0.05) is 0 Å². The average Bonchev–Trinajstić information content (AvgIpc) is 2.77. The van der Waals surface area contributed by atoms with Gasteiger partial charge in [-0.25, -0.2) is 0 Å². The summed E-state index contributed by atoms with van der Waals surface area (Å²) in [7, 11) is 3.73. The van der Waals surface area contributed by atoms with E-state index >= 15 is 0 Å². The van der Waals surface area contributed by atoms with E-state index < -0.39 is 0 Å². The zero-order valence-corrected chi connectivity index (χ0v) is 11.7. The number of hydrogen-bond donors (Lipinski definition) is 1. The third-order valence-electron chi connectivity index (χ3n) is 3.68. The van der Waals surface area contributed by atoms with Crippen molar-refractivity contribution >= 4 is 0 Å². The monoisotopic (exact) mass is 252 g/mol. The topological polar surface area (TPSA) is 37.6 Å². The Morgan fingerprint density at radius 2 is 2.22 bits per heavy atom. The molecule has 1 fully saturated rings. The van der Waals surface area contributed by atoms with E-state index in [9.17, 15) is 0 Å². The molecule has 0 saturated carbocycles. The van der Waals surface area contributed by atoms with E-state index in [0.717, 1.165) is 44.1 Å². The van der Waals surface area contributed by atoms with Gasteiger partial charge >= 0.3 is 0 Å². The third-order valence-corrected chi connectivity index (χ3v) is 3.68. The van der Waals surface area contributed by atoms with Crippen LogP contribution in [-0.4, -0.2) is 37.7 Å². The van der Waals surface area contributed by atoms with Crippen LogP contribution in [0.5, 0.6) is 0 Å². The standard InChI is InChI=1S/C14H24N2O2/c1-14(17-3)7-4-8-16(11-14)10-13-6-5-12(18-13)9-15-2/h5-6,15H,4,7-11H2,1-3H3. The summed E-state index contributed by atoms with van der Waals surface area (Å²) < 4.78 is 11.4. The average molecular weight is 252 g/mol. The van der Waals surface area contributed by atoms with Crippen molar-refractivity contribution in [3.05, 3.63) is 23.7 Å². The number of methoxy groups -OCH3 is 1. The molecule has 0 aliphatic carbocycles. The molecule has 18 heavy (non-hydrogen) atoms. The van der Waals surface area contributed by atoms with Crippen LogP contribution in [0.2, 0.25) is 0 Å². The molecule has 2 heterocycles. The highest BCUT2D eigenvalue weighted by Gasteiger charge is 2.30. The summed E-state index contributed by atoms with van der Waals surface area (Å²) in [5, 5.41) is 3.10. The van der Waals surface area contributed by atoms with Crippen molar-refractivity contribution in [2.45, 2.75) is 38.5 Å². The fourth-order valence-electron chi connectivity index (χ4n) is 2.61. The maximum absolute atomic E-state index is 5.78. The molecule has 0 aromatic carbocycles. The van der Waals surface area contributed by atoms with E-state index in [1.165, 1.54) is 6.42 Å². The summed E-state index contributed by atoms with van der Waals surface area (Å²) in [5.74, 6) is 2.04. The van der Waals surface area contributed by atoms with Gasteiger partial charge in [-0.3, -0.25) is 4.90 Å². The van der Waals surface area contributed by atoms with Crippen LogP contribution in [0.15, 0.2) is 16.5 Å². The highest BCUT2D eigenvalue weighted by Crippen LogP contribution is 2.25. The number of hydrogen-bond acceptors (Lipinski definition) is 4. The van der Waals surface area contributed by atoms with Crippen LogP contribution < -0.4 is 5.32 Å². The lowest BCUT2D eigenvalue weighted by molar-refractivity contribution is -0.0539. The molecular weight excluding hydrogens is 228 g/mol. The number of piperidine rings is 1. The first-order chi connectivity index (χ1) is 8.65. The number of likely N-dealkylation sites (tertiary alicyclic amines) is 1. The van der Waals surface area contributed by atoms with E-state index in [-0.39, 0.29) is 5.60 Å². The van der Waals surface area contributed by atoms with Crippen LogP contribution in [0.3, 0.4) is 0 Å². The summed E-state index contributed by atoms with van der Waals surface area (Å²) in [4.78, 5) is 2.41. The number of ether oxygens (including phenoxy) is 1. The number of rotatable bonds is 5. The Labute approximate surface area is 109 Å². The molecule has 1 N–H and O–H groups in total. The minimum Gasteiger partial charge on any atom is -0.463 e. The molecule has 4 heteroatoms. The van der Waals surface area contributed by atoms with Crippen molar-refractivity contribution in [1.82, 2.24) is 10.2 Å². The molecule has 0 bridgehead atoms. The Bertz CT molecular complexity index is 378. The molecule has 1 aliphatic heterocycles. The lowest BCUT2D eigenvalue weighted by atomic mass is 9.95. The highest BCUT2D eigenvalue weighted by molar-refractivity contribution is 5.07. The predicted octanol–water partition coefficient (Wildman–Crippen LogP) is 2.00. The van der Waals surface area contributed by atoms with E-state index in [4.69, 9.17) is 9.15 Å². The smallest absolute Gasteiger partial charge is 0.118 e. The number of nitrogens with zero attached hydrogens (tertiary/aromatic N) is 1. The Morgan fingerprint density at radius 1 is 1.44 bits per heavy atom. The Hall–Kier alpha value is -0.840. The first-order valence-corrected chi connectivity index (χ1v) is 6.65. The zero-order valence-electron chi connectivity index (χ0n) is 11.7. The fourth-order valence-corrected chi connectivity index (χ4v) is 2.61. The maximum Gasteiger partial charge on any atom is 0.118 e. The molecule has 0 spiro atoms. The number of furan rings is 1. The molecule has 4 nitrogen and oxygen atoms in total. The van der Waals surface area contributed by atoms with Crippen LogP contribution in [0.1, 0.15) is 31.3 Å². The van der Waals surface area contributed by atoms with E-state index in [1.807, 2.05) is 13.1 Å². The van der Waals surface area contributed by atoms with Gasteiger partial charge in [0.15, 0.2) is 0 Å². The molecular formula is C14H24N2O2. The van der Waals surface area contributed by atoms with Gasteiger partial charge in [0.1, 0.15) is 11.5 Å². The summed E-state index contributed by atoms with van der Waals surface area (Å²) in [5.41, 5.74) is -0.00134. The summed E-state index contributed by atoms with van der Waals surface area (Å²) in [6, 6.07) is 4.12.